The van der Waals surface area contributed by atoms with Gasteiger partial charge in [0.25, 0.3) is 11.8 Å². The zero-order chi connectivity index (χ0) is 32.1. The van der Waals surface area contributed by atoms with E-state index in [1.165, 1.54) is 0 Å². The molecular weight excluding hydrogens is 568 g/mol. The lowest BCUT2D eigenvalue weighted by molar-refractivity contribution is -0.119. The number of fused-ring (bicyclic) bond motifs is 2. The van der Waals surface area contributed by atoms with Gasteiger partial charge in [-0.15, -0.1) is 0 Å². The lowest BCUT2D eigenvalue weighted by atomic mass is 9.64. The van der Waals surface area contributed by atoms with Crippen molar-refractivity contribution in [3.63, 3.8) is 0 Å². The van der Waals surface area contributed by atoms with Crippen LogP contribution in [0.2, 0.25) is 0 Å². The van der Waals surface area contributed by atoms with Crippen LogP contribution in [-0.4, -0.2) is 34.7 Å². The first kappa shape index (κ1) is 29.2. The van der Waals surface area contributed by atoms with Gasteiger partial charge in [-0.1, -0.05) is 115 Å². The maximum absolute atomic E-state index is 14.2. The molecule has 2 aliphatic rings. The maximum atomic E-state index is 14.2. The molecule has 5 nitrogen and oxygen atoms in total. The van der Waals surface area contributed by atoms with E-state index >= 15 is 0 Å². The summed E-state index contributed by atoms with van der Waals surface area (Å²) in [4.78, 5) is 43.3. The fraction of sp³-hybridized carbons (Fsp3) is 0.146. The number of hydrogen-bond acceptors (Lipinski definition) is 3. The van der Waals surface area contributed by atoms with E-state index in [9.17, 15) is 14.4 Å². The van der Waals surface area contributed by atoms with E-state index in [2.05, 4.69) is 97.9 Å². The van der Waals surface area contributed by atoms with Crippen LogP contribution in [0, 0.1) is 0 Å². The lowest BCUT2D eigenvalue weighted by Crippen LogP contribution is -2.53. The third-order valence-electron chi connectivity index (χ3n) is 9.28. The molecule has 0 saturated carbocycles. The van der Waals surface area contributed by atoms with Crippen molar-refractivity contribution < 1.29 is 14.4 Å². The maximum Gasteiger partial charge on any atom is 0.262 e. The second-order valence-electron chi connectivity index (χ2n) is 12.5. The molecule has 226 valence electrons. The first-order valence-corrected chi connectivity index (χ1v) is 15.5. The van der Waals surface area contributed by atoms with E-state index < -0.39 is 22.8 Å². The summed E-state index contributed by atoms with van der Waals surface area (Å²) in [6.45, 7) is 5.70. The van der Waals surface area contributed by atoms with Gasteiger partial charge >= 0.3 is 0 Å². The highest BCUT2D eigenvalue weighted by Gasteiger charge is 2.43. The van der Waals surface area contributed by atoms with Gasteiger partial charge in [-0.2, -0.15) is 0 Å². The average Bonchev–Trinajstić information content (AvgIpc) is 3.31. The summed E-state index contributed by atoms with van der Waals surface area (Å²) < 4.78 is 0. The second kappa shape index (κ2) is 11.1. The highest BCUT2D eigenvalue weighted by Crippen LogP contribution is 2.48. The van der Waals surface area contributed by atoms with Crippen molar-refractivity contribution in [3.8, 4) is 0 Å². The molecule has 5 aromatic carbocycles. The van der Waals surface area contributed by atoms with E-state index in [0.717, 1.165) is 44.0 Å². The van der Waals surface area contributed by atoms with Crippen LogP contribution in [0.4, 0.5) is 5.69 Å². The summed E-state index contributed by atoms with van der Waals surface area (Å²) in [5.41, 5.74) is 6.51. The van der Waals surface area contributed by atoms with Gasteiger partial charge in [-0.3, -0.25) is 19.3 Å². The van der Waals surface area contributed by atoms with E-state index in [0.29, 0.717) is 11.1 Å². The molecular formula is C41H34N2O3. The molecule has 2 heterocycles. The highest BCUT2D eigenvalue weighted by atomic mass is 16.2. The molecule has 7 rings (SSSR count). The van der Waals surface area contributed by atoms with Crippen LogP contribution in [0.3, 0.4) is 0 Å². The van der Waals surface area contributed by atoms with Crippen molar-refractivity contribution in [1.82, 2.24) is 4.90 Å². The molecule has 0 aliphatic carbocycles. The molecule has 46 heavy (non-hydrogen) atoms. The van der Waals surface area contributed by atoms with Gasteiger partial charge in [0.2, 0.25) is 5.91 Å². The Balaban J connectivity index is 1.37. The van der Waals surface area contributed by atoms with Gasteiger partial charge in [0.15, 0.2) is 0 Å². The van der Waals surface area contributed by atoms with Gasteiger partial charge in [0.1, 0.15) is 6.54 Å². The Morgan fingerprint density at radius 3 is 1.54 bits per heavy atom. The number of allylic oxidation sites excluding steroid dienone is 1. The summed E-state index contributed by atoms with van der Waals surface area (Å²) in [5.74, 6) is -1.20. The number of benzene rings is 5. The van der Waals surface area contributed by atoms with Crippen molar-refractivity contribution in [1.29, 1.82) is 0 Å². The number of carbonyl (C=O) groups excluding carboxylic acids is 3. The fourth-order valence-corrected chi connectivity index (χ4v) is 7.37. The Morgan fingerprint density at radius 1 is 0.609 bits per heavy atom. The predicted octanol–water partition coefficient (Wildman–Crippen LogP) is 7.89. The number of carbonyl (C=O) groups is 3. The fourth-order valence-electron chi connectivity index (χ4n) is 7.37. The Kier molecular flexibility index (Phi) is 7.05. The van der Waals surface area contributed by atoms with Crippen LogP contribution in [0.15, 0.2) is 140 Å². The van der Waals surface area contributed by atoms with Crippen LogP contribution < -0.4 is 4.90 Å². The summed E-state index contributed by atoms with van der Waals surface area (Å²) >= 11 is 0. The van der Waals surface area contributed by atoms with Crippen molar-refractivity contribution >= 4 is 29.0 Å². The molecule has 0 saturated heterocycles. The predicted molar refractivity (Wildman–Crippen MR) is 182 cm³/mol. The number of imide groups is 1. The summed E-state index contributed by atoms with van der Waals surface area (Å²) in [7, 11) is 0. The second-order valence-corrected chi connectivity index (χ2v) is 12.5. The lowest BCUT2D eigenvalue weighted by Gasteiger charge is -2.43. The van der Waals surface area contributed by atoms with Gasteiger partial charge < -0.3 is 4.90 Å². The molecule has 0 unspecified atom stereocenters. The van der Waals surface area contributed by atoms with Crippen molar-refractivity contribution in [2.75, 3.05) is 11.4 Å². The third-order valence-corrected chi connectivity index (χ3v) is 9.28. The summed E-state index contributed by atoms with van der Waals surface area (Å²) in [6.07, 6.45) is 2.09. The molecule has 0 N–H and O–H groups in total. The summed E-state index contributed by atoms with van der Waals surface area (Å²) in [6, 6.07) is 44.6. The molecule has 0 aromatic heterocycles. The minimum Gasteiger partial charge on any atom is -0.301 e. The van der Waals surface area contributed by atoms with Crippen LogP contribution in [-0.2, 0) is 10.2 Å². The molecule has 3 amide bonds. The third kappa shape index (κ3) is 4.50. The average molecular weight is 603 g/mol. The quantitative estimate of drug-likeness (QED) is 0.147. The number of hydrogen-bond donors (Lipinski definition) is 0. The standard InChI is InChI=1S/C41H34N2O3/c1-28-26-40(2,3)43(37(44)27-42-38(45)33-21-13-14-22-34(33)39(42)46)36-24-23-32(25-35(28)36)41(29-15-7-4-8-16-29,30-17-9-5-10-18-30)31-19-11-6-12-20-31/h4-26H,27H2,1-3H3. The Hall–Kier alpha value is -5.55. The van der Waals surface area contributed by atoms with Crippen LogP contribution >= 0.6 is 0 Å². The molecule has 0 spiro atoms. The molecule has 5 aromatic rings. The monoisotopic (exact) mass is 602 g/mol. The molecule has 2 aliphatic heterocycles. The van der Waals surface area contributed by atoms with Crippen LogP contribution in [0.25, 0.3) is 5.57 Å². The molecule has 0 atom stereocenters. The molecule has 0 fully saturated rings. The van der Waals surface area contributed by atoms with Crippen LogP contribution in [0.5, 0.6) is 0 Å². The smallest absolute Gasteiger partial charge is 0.262 e. The van der Waals surface area contributed by atoms with Gasteiger partial charge in [0, 0.05) is 5.56 Å². The summed E-state index contributed by atoms with van der Waals surface area (Å²) in [5, 5.41) is 0. The van der Waals surface area contributed by atoms with Crippen molar-refractivity contribution in [2.24, 2.45) is 0 Å². The minimum atomic E-state index is -0.691. The van der Waals surface area contributed by atoms with Gasteiger partial charge in [-0.25, -0.2) is 0 Å². The minimum absolute atomic E-state index is 0.322. The number of amides is 3. The normalized spacial score (nSPS) is 15.3. The van der Waals surface area contributed by atoms with E-state index in [-0.39, 0.29) is 12.5 Å². The number of nitrogens with zero attached hydrogens (tertiary/aromatic N) is 2. The largest absolute Gasteiger partial charge is 0.301 e. The van der Waals surface area contributed by atoms with Gasteiger partial charge in [-0.05, 0) is 72.9 Å². The van der Waals surface area contributed by atoms with E-state index in [1.807, 2.05) is 38.1 Å². The zero-order valence-electron chi connectivity index (χ0n) is 26.1. The van der Waals surface area contributed by atoms with E-state index in [4.69, 9.17) is 0 Å². The van der Waals surface area contributed by atoms with Crippen molar-refractivity contribution in [3.05, 3.63) is 178 Å². The first-order valence-electron chi connectivity index (χ1n) is 15.5. The van der Waals surface area contributed by atoms with E-state index in [1.54, 1.807) is 29.2 Å². The SMILES string of the molecule is CC1=CC(C)(C)N(C(=O)CN2C(=O)c3ccccc3C2=O)c2ccc(C(c3ccccc3)(c3ccccc3)c3ccccc3)cc21. The molecule has 5 heteroatoms. The Labute approximate surface area is 269 Å². The Bertz CT molecular complexity index is 1880. The molecule has 0 bridgehead atoms. The van der Waals surface area contributed by atoms with Gasteiger partial charge in [0.05, 0.1) is 27.8 Å². The van der Waals surface area contributed by atoms with Crippen LogP contribution in [0.1, 0.15) is 69.3 Å². The highest BCUT2D eigenvalue weighted by molar-refractivity contribution is 6.23. The number of anilines is 1. The first-order chi connectivity index (χ1) is 22.2. The zero-order valence-corrected chi connectivity index (χ0v) is 26.1. The topological polar surface area (TPSA) is 57.7 Å². The Morgan fingerprint density at radius 2 is 1.07 bits per heavy atom. The molecule has 0 radical (unpaired) electrons. The number of rotatable bonds is 6. The van der Waals surface area contributed by atoms with Crippen molar-refractivity contribution in [2.45, 2.75) is 31.7 Å².